The number of carbonyl (C=O) groups is 1. The van der Waals surface area contributed by atoms with Gasteiger partial charge >= 0.3 is 5.97 Å². The molecule has 0 amide bonds. The fourth-order valence-electron chi connectivity index (χ4n) is 1.41. The Morgan fingerprint density at radius 1 is 1.37 bits per heavy atom. The summed E-state index contributed by atoms with van der Waals surface area (Å²) in [6.07, 6.45) is 2.74. The van der Waals surface area contributed by atoms with Gasteiger partial charge < -0.3 is 10.4 Å². The SMILES string of the molecule is N#Cc1nccnc1Nc1ccc(C(=O)O)c(F)c1. The number of hydrogen-bond acceptors (Lipinski definition) is 5. The zero-order valence-corrected chi connectivity index (χ0v) is 9.46. The van der Waals surface area contributed by atoms with Crippen molar-refractivity contribution in [3.63, 3.8) is 0 Å². The molecule has 2 aromatic rings. The van der Waals surface area contributed by atoms with Crippen molar-refractivity contribution in [3.05, 3.63) is 47.7 Å². The van der Waals surface area contributed by atoms with E-state index in [1.807, 2.05) is 6.07 Å². The van der Waals surface area contributed by atoms with Gasteiger partial charge in [-0.1, -0.05) is 0 Å². The summed E-state index contributed by atoms with van der Waals surface area (Å²) in [5.74, 6) is -2.05. The van der Waals surface area contributed by atoms with Gasteiger partial charge in [0.2, 0.25) is 0 Å². The first-order valence-corrected chi connectivity index (χ1v) is 5.13. The molecule has 0 fully saturated rings. The van der Waals surface area contributed by atoms with E-state index in [0.717, 1.165) is 12.1 Å². The summed E-state index contributed by atoms with van der Waals surface area (Å²) in [5, 5.41) is 20.2. The molecule has 0 bridgehead atoms. The molecule has 0 unspecified atom stereocenters. The largest absolute Gasteiger partial charge is 0.478 e. The number of benzene rings is 1. The molecule has 0 spiro atoms. The summed E-state index contributed by atoms with van der Waals surface area (Å²) < 4.78 is 13.5. The predicted molar refractivity (Wildman–Crippen MR) is 63.4 cm³/mol. The molecule has 0 aliphatic rings. The van der Waals surface area contributed by atoms with Crippen LogP contribution in [0, 0.1) is 17.1 Å². The van der Waals surface area contributed by atoms with Crippen molar-refractivity contribution < 1.29 is 14.3 Å². The molecule has 1 heterocycles. The van der Waals surface area contributed by atoms with Gasteiger partial charge in [0.05, 0.1) is 5.56 Å². The number of nitriles is 1. The summed E-state index contributed by atoms with van der Waals surface area (Å²) in [5.41, 5.74) is -0.0880. The number of rotatable bonds is 3. The second-order valence-electron chi connectivity index (χ2n) is 3.49. The molecule has 1 aromatic heterocycles. The van der Waals surface area contributed by atoms with Gasteiger partial charge in [-0.2, -0.15) is 5.26 Å². The highest BCUT2D eigenvalue weighted by atomic mass is 19.1. The van der Waals surface area contributed by atoms with E-state index in [4.69, 9.17) is 10.4 Å². The molecule has 2 rings (SSSR count). The first-order valence-electron chi connectivity index (χ1n) is 5.13. The van der Waals surface area contributed by atoms with Gasteiger partial charge in [0, 0.05) is 18.1 Å². The molecule has 0 aliphatic heterocycles. The van der Waals surface area contributed by atoms with E-state index in [1.165, 1.54) is 18.5 Å². The van der Waals surface area contributed by atoms with Crippen LogP contribution in [0.3, 0.4) is 0 Å². The Bertz CT molecular complexity index is 682. The lowest BCUT2D eigenvalue weighted by molar-refractivity contribution is 0.0692. The smallest absolute Gasteiger partial charge is 0.338 e. The van der Waals surface area contributed by atoms with Crippen LogP contribution < -0.4 is 5.32 Å². The summed E-state index contributed by atoms with van der Waals surface area (Å²) >= 11 is 0. The lowest BCUT2D eigenvalue weighted by Crippen LogP contribution is -2.03. The van der Waals surface area contributed by atoms with E-state index in [0.29, 0.717) is 0 Å². The quantitative estimate of drug-likeness (QED) is 0.872. The lowest BCUT2D eigenvalue weighted by Gasteiger charge is -2.07. The number of aromatic carboxylic acids is 1. The number of halogens is 1. The van der Waals surface area contributed by atoms with E-state index < -0.39 is 17.3 Å². The zero-order valence-electron chi connectivity index (χ0n) is 9.46. The van der Waals surface area contributed by atoms with Crippen LogP contribution in [-0.2, 0) is 0 Å². The minimum Gasteiger partial charge on any atom is -0.478 e. The Morgan fingerprint density at radius 3 is 2.74 bits per heavy atom. The third-order valence-corrected chi connectivity index (χ3v) is 2.27. The third-order valence-electron chi connectivity index (χ3n) is 2.27. The highest BCUT2D eigenvalue weighted by Gasteiger charge is 2.11. The number of anilines is 2. The number of aromatic nitrogens is 2. The van der Waals surface area contributed by atoms with Gasteiger partial charge in [0.25, 0.3) is 0 Å². The average Bonchev–Trinajstić information content (AvgIpc) is 2.39. The second-order valence-corrected chi connectivity index (χ2v) is 3.49. The van der Waals surface area contributed by atoms with Crippen LogP contribution in [0.2, 0.25) is 0 Å². The number of hydrogen-bond donors (Lipinski definition) is 2. The van der Waals surface area contributed by atoms with Crippen molar-refractivity contribution in [2.45, 2.75) is 0 Å². The first-order chi connectivity index (χ1) is 9.11. The molecule has 7 heteroatoms. The average molecular weight is 258 g/mol. The van der Waals surface area contributed by atoms with E-state index in [1.54, 1.807) is 0 Å². The molecule has 19 heavy (non-hydrogen) atoms. The molecular formula is C12H7FN4O2. The molecule has 94 valence electrons. The number of carboxylic acid groups (broad SMARTS) is 1. The Morgan fingerprint density at radius 2 is 2.11 bits per heavy atom. The molecule has 0 saturated carbocycles. The number of carboxylic acids is 1. The summed E-state index contributed by atoms with van der Waals surface area (Å²) in [7, 11) is 0. The Kier molecular flexibility index (Phi) is 3.34. The molecular weight excluding hydrogens is 251 g/mol. The summed E-state index contributed by atoms with van der Waals surface area (Å²) in [6.45, 7) is 0. The third kappa shape index (κ3) is 2.63. The van der Waals surface area contributed by atoms with Crippen LogP contribution in [-0.4, -0.2) is 21.0 Å². The van der Waals surface area contributed by atoms with Crippen molar-refractivity contribution in [1.29, 1.82) is 5.26 Å². The molecule has 6 nitrogen and oxygen atoms in total. The highest BCUT2D eigenvalue weighted by Crippen LogP contribution is 2.19. The number of nitrogens with one attached hydrogen (secondary N) is 1. The van der Waals surface area contributed by atoms with E-state index in [2.05, 4.69) is 15.3 Å². The summed E-state index contributed by atoms with van der Waals surface area (Å²) in [4.78, 5) is 18.4. The van der Waals surface area contributed by atoms with Crippen LogP contribution in [0.25, 0.3) is 0 Å². The molecule has 2 N–H and O–H groups in total. The maximum Gasteiger partial charge on any atom is 0.338 e. The van der Waals surface area contributed by atoms with Crippen LogP contribution >= 0.6 is 0 Å². The Balaban J connectivity index is 2.32. The van der Waals surface area contributed by atoms with Crippen molar-refractivity contribution in [2.24, 2.45) is 0 Å². The standard InChI is InChI=1S/C12H7FN4O2/c13-9-5-7(1-2-8(9)12(18)19)17-11-10(6-14)15-3-4-16-11/h1-5H,(H,16,17)(H,18,19). The molecule has 0 radical (unpaired) electrons. The van der Waals surface area contributed by atoms with Gasteiger partial charge in [0.15, 0.2) is 11.5 Å². The molecule has 1 aromatic carbocycles. The highest BCUT2D eigenvalue weighted by molar-refractivity contribution is 5.88. The predicted octanol–water partition coefficient (Wildman–Crippen LogP) is 1.93. The summed E-state index contributed by atoms with van der Waals surface area (Å²) in [6, 6.07) is 5.35. The van der Waals surface area contributed by atoms with Gasteiger partial charge in [-0.15, -0.1) is 0 Å². The van der Waals surface area contributed by atoms with E-state index >= 15 is 0 Å². The zero-order chi connectivity index (χ0) is 13.8. The minimum atomic E-state index is -1.35. The monoisotopic (exact) mass is 258 g/mol. The fourth-order valence-corrected chi connectivity index (χ4v) is 1.41. The van der Waals surface area contributed by atoms with Gasteiger partial charge in [0.1, 0.15) is 11.9 Å². The molecule has 0 aliphatic carbocycles. The maximum absolute atomic E-state index is 13.5. The van der Waals surface area contributed by atoms with Crippen LogP contribution in [0.4, 0.5) is 15.9 Å². The van der Waals surface area contributed by atoms with Crippen LogP contribution in [0.1, 0.15) is 16.1 Å². The van der Waals surface area contributed by atoms with Gasteiger partial charge in [-0.3, -0.25) is 0 Å². The molecule has 0 saturated heterocycles. The van der Waals surface area contributed by atoms with Crippen LogP contribution in [0.5, 0.6) is 0 Å². The second kappa shape index (κ2) is 5.10. The van der Waals surface area contributed by atoms with Crippen molar-refractivity contribution >= 4 is 17.5 Å². The van der Waals surface area contributed by atoms with Gasteiger partial charge in [-0.05, 0) is 18.2 Å². The Hall–Kier alpha value is -3.01. The van der Waals surface area contributed by atoms with Crippen molar-refractivity contribution in [2.75, 3.05) is 5.32 Å². The van der Waals surface area contributed by atoms with E-state index in [-0.39, 0.29) is 17.2 Å². The normalized spacial score (nSPS) is 9.68. The topological polar surface area (TPSA) is 98.9 Å². The van der Waals surface area contributed by atoms with Crippen molar-refractivity contribution in [3.8, 4) is 6.07 Å². The maximum atomic E-state index is 13.5. The molecule has 0 atom stereocenters. The van der Waals surface area contributed by atoms with E-state index in [9.17, 15) is 9.18 Å². The lowest BCUT2D eigenvalue weighted by atomic mass is 10.2. The first kappa shape index (κ1) is 12.4. The van der Waals surface area contributed by atoms with Gasteiger partial charge in [-0.25, -0.2) is 19.2 Å². The minimum absolute atomic E-state index is 0.0604. The van der Waals surface area contributed by atoms with Crippen LogP contribution in [0.15, 0.2) is 30.6 Å². The van der Waals surface area contributed by atoms with Crippen molar-refractivity contribution in [1.82, 2.24) is 9.97 Å². The number of nitrogens with zero attached hydrogens (tertiary/aromatic N) is 3. The fraction of sp³-hybridized carbons (Fsp3) is 0. The Labute approximate surface area is 107 Å².